The molecule has 0 aliphatic carbocycles. The maximum absolute atomic E-state index is 12.7. The Morgan fingerprint density at radius 3 is 1.71 bits per heavy atom. The van der Waals surface area contributed by atoms with Crippen molar-refractivity contribution in [1.82, 2.24) is 0 Å². The molecule has 2 aromatic carbocycles. The average Bonchev–Trinajstić information content (AvgIpc) is 2.50. The lowest BCUT2D eigenvalue weighted by Gasteiger charge is -2.08. The van der Waals surface area contributed by atoms with Crippen LogP contribution >= 0.6 is 11.3 Å². The van der Waals surface area contributed by atoms with Crippen LogP contribution in [0.1, 0.15) is 11.1 Å². The van der Waals surface area contributed by atoms with Gasteiger partial charge in [-0.25, -0.2) is 0 Å². The highest BCUT2D eigenvalue weighted by Gasteiger charge is 2.11. The maximum Gasteiger partial charge on any atom is 0.195 e. The molecular formula is C17H16O3S. The molecule has 0 bridgehead atoms. The van der Waals surface area contributed by atoms with E-state index in [2.05, 4.69) is 0 Å². The molecule has 0 unspecified atom stereocenters. The van der Waals surface area contributed by atoms with Gasteiger partial charge in [0.25, 0.3) is 0 Å². The molecule has 0 radical (unpaired) electrons. The Morgan fingerprint density at radius 1 is 0.810 bits per heavy atom. The van der Waals surface area contributed by atoms with Crippen LogP contribution in [0.15, 0.2) is 41.2 Å². The molecule has 0 amide bonds. The Morgan fingerprint density at radius 2 is 1.29 bits per heavy atom. The van der Waals surface area contributed by atoms with Gasteiger partial charge in [0.15, 0.2) is 5.43 Å². The molecule has 3 aromatic rings. The van der Waals surface area contributed by atoms with E-state index in [1.807, 2.05) is 36.4 Å². The van der Waals surface area contributed by atoms with Gasteiger partial charge in [0.2, 0.25) is 0 Å². The summed E-state index contributed by atoms with van der Waals surface area (Å²) in [5.41, 5.74) is 2.02. The second-order valence-corrected chi connectivity index (χ2v) is 5.99. The van der Waals surface area contributed by atoms with E-state index < -0.39 is 0 Å². The van der Waals surface area contributed by atoms with Gasteiger partial charge < -0.3 is 10.2 Å². The molecule has 3 rings (SSSR count). The molecule has 0 aliphatic rings. The minimum absolute atomic E-state index is 0.0262. The normalized spacial score (nSPS) is 11.3. The highest BCUT2D eigenvalue weighted by molar-refractivity contribution is 7.24. The molecule has 0 saturated carbocycles. The standard InChI is InChI=1S/C17H16O3S/c18-9-7-11-3-1-5-13-15(20)14-6-2-4-12(8-10-19)17(14)21-16(11)13/h1-6,18-19H,7-10H2. The van der Waals surface area contributed by atoms with Gasteiger partial charge in [0.05, 0.1) is 0 Å². The first kappa shape index (κ1) is 14.2. The second kappa shape index (κ2) is 5.93. The van der Waals surface area contributed by atoms with Gasteiger partial charge >= 0.3 is 0 Å². The summed E-state index contributed by atoms with van der Waals surface area (Å²) in [5, 5.41) is 19.8. The van der Waals surface area contributed by atoms with E-state index in [9.17, 15) is 15.0 Å². The zero-order chi connectivity index (χ0) is 14.8. The summed E-state index contributed by atoms with van der Waals surface area (Å²) in [5.74, 6) is 0. The summed E-state index contributed by atoms with van der Waals surface area (Å²) in [6, 6.07) is 11.3. The van der Waals surface area contributed by atoms with Crippen LogP contribution in [0.5, 0.6) is 0 Å². The minimum atomic E-state index is 0.0262. The quantitative estimate of drug-likeness (QED) is 0.728. The molecule has 0 aliphatic heterocycles. The van der Waals surface area contributed by atoms with Crippen LogP contribution < -0.4 is 5.43 Å². The monoisotopic (exact) mass is 300 g/mol. The number of hydrogen-bond donors (Lipinski definition) is 2. The van der Waals surface area contributed by atoms with Gasteiger partial charge in [-0.15, -0.1) is 11.3 Å². The van der Waals surface area contributed by atoms with E-state index in [0.29, 0.717) is 23.6 Å². The van der Waals surface area contributed by atoms with E-state index in [-0.39, 0.29) is 18.6 Å². The predicted octanol–water partition coefficient (Wildman–Crippen LogP) is 2.48. The third-order valence-corrected chi connectivity index (χ3v) is 5.02. The van der Waals surface area contributed by atoms with Crippen molar-refractivity contribution >= 4 is 31.5 Å². The van der Waals surface area contributed by atoms with Crippen molar-refractivity contribution in [1.29, 1.82) is 0 Å². The number of fused-ring (bicyclic) bond motifs is 2. The number of aliphatic hydroxyl groups is 2. The summed E-state index contributed by atoms with van der Waals surface area (Å²) in [6.45, 7) is 0.132. The van der Waals surface area contributed by atoms with E-state index >= 15 is 0 Å². The Bertz CT molecular complexity index is 785. The number of rotatable bonds is 4. The van der Waals surface area contributed by atoms with Crippen molar-refractivity contribution < 1.29 is 10.2 Å². The lowest BCUT2D eigenvalue weighted by atomic mass is 10.1. The second-order valence-electron chi connectivity index (χ2n) is 4.97. The van der Waals surface area contributed by atoms with E-state index in [1.165, 1.54) is 0 Å². The summed E-state index contributed by atoms with van der Waals surface area (Å²) < 4.78 is 1.88. The number of benzene rings is 2. The summed E-state index contributed by atoms with van der Waals surface area (Å²) in [7, 11) is 0. The molecule has 0 spiro atoms. The van der Waals surface area contributed by atoms with Crippen LogP contribution in [0, 0.1) is 0 Å². The molecule has 1 aromatic heterocycles. The highest BCUT2D eigenvalue weighted by Crippen LogP contribution is 2.30. The Balaban J connectivity index is 2.41. The van der Waals surface area contributed by atoms with Gasteiger partial charge in [-0.05, 0) is 36.1 Å². The van der Waals surface area contributed by atoms with Crippen LogP contribution in [0.25, 0.3) is 20.2 Å². The number of hydrogen-bond acceptors (Lipinski definition) is 4. The smallest absolute Gasteiger partial charge is 0.195 e. The molecule has 108 valence electrons. The van der Waals surface area contributed by atoms with Gasteiger partial charge in [-0.1, -0.05) is 24.3 Å². The van der Waals surface area contributed by atoms with Crippen molar-refractivity contribution in [3.05, 3.63) is 57.7 Å². The van der Waals surface area contributed by atoms with Crippen molar-refractivity contribution in [2.75, 3.05) is 13.2 Å². The Labute approximate surface area is 126 Å². The first-order valence-electron chi connectivity index (χ1n) is 6.94. The molecule has 1 heterocycles. The zero-order valence-electron chi connectivity index (χ0n) is 11.5. The summed E-state index contributed by atoms with van der Waals surface area (Å²) in [4.78, 5) is 12.7. The van der Waals surface area contributed by atoms with Gasteiger partial charge in [-0.3, -0.25) is 4.79 Å². The lowest BCUT2D eigenvalue weighted by molar-refractivity contribution is 0.300. The van der Waals surface area contributed by atoms with Gasteiger partial charge in [0.1, 0.15) is 0 Å². The first-order chi connectivity index (χ1) is 10.3. The summed E-state index contributed by atoms with van der Waals surface area (Å²) in [6.07, 6.45) is 1.09. The maximum atomic E-state index is 12.7. The van der Waals surface area contributed by atoms with E-state index in [0.717, 1.165) is 20.5 Å². The van der Waals surface area contributed by atoms with Gasteiger partial charge in [-0.2, -0.15) is 0 Å². The van der Waals surface area contributed by atoms with Crippen LogP contribution in [0.4, 0.5) is 0 Å². The zero-order valence-corrected chi connectivity index (χ0v) is 12.3. The van der Waals surface area contributed by atoms with Gasteiger partial charge in [0, 0.05) is 33.4 Å². The molecule has 3 nitrogen and oxygen atoms in total. The van der Waals surface area contributed by atoms with Crippen LogP contribution in [0.3, 0.4) is 0 Å². The Kier molecular flexibility index (Phi) is 4.01. The fourth-order valence-corrected chi connectivity index (χ4v) is 4.00. The highest BCUT2D eigenvalue weighted by atomic mass is 32.1. The molecule has 0 saturated heterocycles. The molecule has 4 heteroatoms. The summed E-state index contributed by atoms with van der Waals surface area (Å²) >= 11 is 1.58. The Hall–Kier alpha value is -1.75. The fraction of sp³-hybridized carbons (Fsp3) is 0.235. The SMILES string of the molecule is O=c1c2cccc(CCO)c2sc2c(CCO)cccc12. The third kappa shape index (κ3) is 2.46. The average molecular weight is 300 g/mol. The lowest BCUT2D eigenvalue weighted by Crippen LogP contribution is -2.04. The van der Waals surface area contributed by atoms with E-state index in [1.54, 1.807) is 11.3 Å². The van der Waals surface area contributed by atoms with Crippen LogP contribution in [-0.4, -0.2) is 23.4 Å². The largest absolute Gasteiger partial charge is 0.396 e. The number of aliphatic hydroxyl groups excluding tert-OH is 2. The third-order valence-electron chi connectivity index (χ3n) is 3.65. The fourth-order valence-electron chi connectivity index (χ4n) is 2.65. The molecule has 0 atom stereocenters. The van der Waals surface area contributed by atoms with Crippen molar-refractivity contribution in [2.24, 2.45) is 0 Å². The predicted molar refractivity (Wildman–Crippen MR) is 87.2 cm³/mol. The molecule has 2 N–H and O–H groups in total. The topological polar surface area (TPSA) is 57.5 Å². The van der Waals surface area contributed by atoms with Crippen molar-refractivity contribution in [3.8, 4) is 0 Å². The molecule has 21 heavy (non-hydrogen) atoms. The first-order valence-corrected chi connectivity index (χ1v) is 7.76. The van der Waals surface area contributed by atoms with Crippen LogP contribution in [0.2, 0.25) is 0 Å². The molecule has 0 fully saturated rings. The van der Waals surface area contributed by atoms with Crippen LogP contribution in [-0.2, 0) is 12.8 Å². The molecular weight excluding hydrogens is 284 g/mol. The van der Waals surface area contributed by atoms with Crippen molar-refractivity contribution in [2.45, 2.75) is 12.8 Å². The van der Waals surface area contributed by atoms with Crippen molar-refractivity contribution in [3.63, 3.8) is 0 Å². The minimum Gasteiger partial charge on any atom is -0.396 e. The van der Waals surface area contributed by atoms with E-state index in [4.69, 9.17) is 0 Å².